The van der Waals surface area contributed by atoms with E-state index in [9.17, 15) is 18.0 Å². The van der Waals surface area contributed by atoms with Crippen LogP contribution in [0.3, 0.4) is 0 Å². The second-order valence-electron chi connectivity index (χ2n) is 4.99. The third kappa shape index (κ3) is 3.23. The molecule has 0 fully saturated rings. The predicted octanol–water partition coefficient (Wildman–Crippen LogP) is 3.14. The van der Waals surface area contributed by atoms with Gasteiger partial charge in [0.15, 0.2) is 0 Å². The zero-order chi connectivity index (χ0) is 13.3. The van der Waals surface area contributed by atoms with E-state index in [0.29, 0.717) is 19.5 Å². The molecular weight excluding hydrogens is 231 g/mol. The summed E-state index contributed by atoms with van der Waals surface area (Å²) >= 11 is 0. The first-order chi connectivity index (χ1) is 7.68. The second kappa shape index (κ2) is 4.70. The van der Waals surface area contributed by atoms with Gasteiger partial charge in [-0.25, -0.2) is 0 Å². The minimum atomic E-state index is -4.78. The molecule has 98 valence electrons. The molecule has 2 nitrogen and oxygen atoms in total. The molecule has 0 amide bonds. The van der Waals surface area contributed by atoms with Crippen molar-refractivity contribution in [1.29, 1.82) is 0 Å². The number of carbonyl (C=O) groups is 1. The highest BCUT2D eigenvalue weighted by Crippen LogP contribution is 2.38. The minimum Gasteiger partial charge on any atom is -0.377 e. The van der Waals surface area contributed by atoms with Crippen LogP contribution >= 0.6 is 0 Å². The van der Waals surface area contributed by atoms with Gasteiger partial charge < -0.3 is 4.90 Å². The van der Waals surface area contributed by atoms with E-state index in [4.69, 9.17) is 0 Å². The molecule has 0 aromatic rings. The van der Waals surface area contributed by atoms with Gasteiger partial charge in [-0.2, -0.15) is 13.2 Å². The fourth-order valence-electron chi connectivity index (χ4n) is 2.05. The summed E-state index contributed by atoms with van der Waals surface area (Å²) < 4.78 is 37.6. The Kier molecular flexibility index (Phi) is 3.89. The van der Waals surface area contributed by atoms with Crippen molar-refractivity contribution in [3.63, 3.8) is 0 Å². The molecule has 0 aliphatic carbocycles. The number of allylic oxidation sites excluding steroid dienone is 1. The number of ketones is 1. The van der Waals surface area contributed by atoms with Crippen LogP contribution in [0.15, 0.2) is 11.8 Å². The van der Waals surface area contributed by atoms with E-state index < -0.39 is 17.4 Å². The Labute approximate surface area is 99.5 Å². The summed E-state index contributed by atoms with van der Waals surface area (Å²) in [6, 6.07) is 0. The highest BCUT2D eigenvalue weighted by Gasteiger charge is 2.45. The number of nitrogens with zero attached hydrogens (tertiary/aromatic N) is 1. The molecule has 0 atom stereocenters. The summed E-state index contributed by atoms with van der Waals surface area (Å²) in [5.74, 6) is -1.71. The van der Waals surface area contributed by atoms with Crippen molar-refractivity contribution in [3.8, 4) is 0 Å². The van der Waals surface area contributed by atoms with E-state index in [-0.39, 0.29) is 5.57 Å². The van der Waals surface area contributed by atoms with Crippen LogP contribution in [-0.4, -0.2) is 29.9 Å². The van der Waals surface area contributed by atoms with Crippen molar-refractivity contribution >= 4 is 5.78 Å². The number of rotatable bonds is 2. The number of alkyl halides is 3. The fraction of sp³-hybridized carbons (Fsp3) is 0.750. The normalized spacial score (nSPS) is 20.8. The van der Waals surface area contributed by atoms with Crippen molar-refractivity contribution < 1.29 is 18.0 Å². The van der Waals surface area contributed by atoms with Gasteiger partial charge in [-0.15, -0.1) is 0 Å². The van der Waals surface area contributed by atoms with Crippen LogP contribution in [0, 0.1) is 5.41 Å². The van der Waals surface area contributed by atoms with Gasteiger partial charge in [0.1, 0.15) is 0 Å². The molecule has 1 aliphatic heterocycles. The molecule has 0 spiro atoms. The first-order valence-corrected chi connectivity index (χ1v) is 5.76. The standard InChI is InChI=1S/C12H18F3NO/c1-4-16-7-5-6-11(2,3)9(8-16)10(17)12(13,14)15/h8H,4-7H2,1-3H3. The second-order valence-corrected chi connectivity index (χ2v) is 4.99. The zero-order valence-electron chi connectivity index (χ0n) is 10.4. The maximum atomic E-state index is 12.5. The molecule has 5 heteroatoms. The largest absolute Gasteiger partial charge is 0.454 e. The lowest BCUT2D eigenvalue weighted by atomic mass is 9.79. The van der Waals surface area contributed by atoms with Crippen LogP contribution in [0.25, 0.3) is 0 Å². The molecule has 0 bridgehead atoms. The molecule has 1 aliphatic rings. The molecule has 1 rings (SSSR count). The summed E-state index contributed by atoms with van der Waals surface area (Å²) in [5, 5.41) is 0. The molecule has 0 saturated carbocycles. The minimum absolute atomic E-state index is 0.121. The molecule has 0 N–H and O–H groups in total. The number of halogens is 3. The van der Waals surface area contributed by atoms with E-state index in [2.05, 4.69) is 0 Å². The van der Waals surface area contributed by atoms with Gasteiger partial charge in [0.05, 0.1) is 0 Å². The van der Waals surface area contributed by atoms with Crippen LogP contribution in [0.5, 0.6) is 0 Å². The average Bonchev–Trinajstić information content (AvgIpc) is 2.34. The van der Waals surface area contributed by atoms with Crippen molar-refractivity contribution in [2.24, 2.45) is 5.41 Å². The van der Waals surface area contributed by atoms with Crippen LogP contribution < -0.4 is 0 Å². The van der Waals surface area contributed by atoms with Crippen LogP contribution in [-0.2, 0) is 4.79 Å². The predicted molar refractivity (Wildman–Crippen MR) is 59.4 cm³/mol. The fourth-order valence-corrected chi connectivity index (χ4v) is 2.05. The van der Waals surface area contributed by atoms with Gasteiger partial charge >= 0.3 is 6.18 Å². The summed E-state index contributed by atoms with van der Waals surface area (Å²) in [7, 11) is 0. The van der Waals surface area contributed by atoms with E-state index >= 15 is 0 Å². The third-order valence-electron chi connectivity index (χ3n) is 3.20. The topological polar surface area (TPSA) is 20.3 Å². The summed E-state index contributed by atoms with van der Waals surface area (Å²) in [6.07, 6.45) is -2.00. The Bertz CT molecular complexity index is 331. The average molecular weight is 249 g/mol. The lowest BCUT2D eigenvalue weighted by Crippen LogP contribution is -2.32. The maximum Gasteiger partial charge on any atom is 0.454 e. The van der Waals surface area contributed by atoms with E-state index in [1.54, 1.807) is 18.7 Å². The maximum absolute atomic E-state index is 12.5. The number of Topliss-reactive ketones (excluding diaryl/α,β-unsaturated/α-hetero) is 1. The van der Waals surface area contributed by atoms with Gasteiger partial charge in [0, 0.05) is 24.9 Å². The Morgan fingerprint density at radius 3 is 2.53 bits per heavy atom. The molecular formula is C12H18F3NO. The Balaban J connectivity index is 3.12. The van der Waals surface area contributed by atoms with Gasteiger partial charge in [-0.05, 0) is 25.2 Å². The van der Waals surface area contributed by atoms with Crippen LogP contribution in [0.4, 0.5) is 13.2 Å². The van der Waals surface area contributed by atoms with E-state index in [0.717, 1.165) is 6.42 Å². The van der Waals surface area contributed by atoms with Gasteiger partial charge in [0.25, 0.3) is 5.78 Å². The first kappa shape index (κ1) is 14.1. The number of carbonyl (C=O) groups excluding carboxylic acids is 1. The Morgan fingerprint density at radius 1 is 1.47 bits per heavy atom. The molecule has 17 heavy (non-hydrogen) atoms. The number of hydrogen-bond acceptors (Lipinski definition) is 2. The summed E-state index contributed by atoms with van der Waals surface area (Å²) in [4.78, 5) is 13.2. The lowest BCUT2D eigenvalue weighted by Gasteiger charge is -2.26. The lowest BCUT2D eigenvalue weighted by molar-refractivity contribution is -0.167. The SMILES string of the molecule is CCN1C=C(C(=O)C(F)(F)F)C(C)(C)CCC1. The summed E-state index contributed by atoms with van der Waals surface area (Å²) in [5.41, 5.74) is -0.833. The molecule has 1 heterocycles. The van der Waals surface area contributed by atoms with Gasteiger partial charge in [0.2, 0.25) is 0 Å². The van der Waals surface area contributed by atoms with Crippen LogP contribution in [0.1, 0.15) is 33.6 Å². The zero-order valence-corrected chi connectivity index (χ0v) is 10.4. The summed E-state index contributed by atoms with van der Waals surface area (Å²) in [6.45, 7) is 6.58. The first-order valence-electron chi connectivity index (χ1n) is 5.76. The quantitative estimate of drug-likeness (QED) is 0.749. The smallest absolute Gasteiger partial charge is 0.377 e. The van der Waals surface area contributed by atoms with Gasteiger partial charge in [-0.1, -0.05) is 13.8 Å². The highest BCUT2D eigenvalue weighted by atomic mass is 19.4. The van der Waals surface area contributed by atoms with Crippen molar-refractivity contribution in [3.05, 3.63) is 11.8 Å². The molecule has 0 aromatic carbocycles. The number of hydrogen-bond donors (Lipinski definition) is 0. The third-order valence-corrected chi connectivity index (χ3v) is 3.20. The van der Waals surface area contributed by atoms with Crippen molar-refractivity contribution in [2.45, 2.75) is 39.8 Å². The molecule has 0 unspecified atom stereocenters. The Hall–Kier alpha value is -1.00. The van der Waals surface area contributed by atoms with Crippen LogP contribution in [0.2, 0.25) is 0 Å². The Morgan fingerprint density at radius 2 is 2.06 bits per heavy atom. The molecule has 0 saturated heterocycles. The highest BCUT2D eigenvalue weighted by molar-refractivity contribution is 6.00. The molecule has 0 aromatic heterocycles. The van der Waals surface area contributed by atoms with E-state index in [1.165, 1.54) is 6.20 Å². The van der Waals surface area contributed by atoms with Crippen molar-refractivity contribution in [2.75, 3.05) is 13.1 Å². The molecule has 0 radical (unpaired) electrons. The monoisotopic (exact) mass is 249 g/mol. The van der Waals surface area contributed by atoms with Crippen molar-refractivity contribution in [1.82, 2.24) is 4.90 Å². The van der Waals surface area contributed by atoms with Gasteiger partial charge in [-0.3, -0.25) is 4.79 Å². The van der Waals surface area contributed by atoms with E-state index in [1.807, 2.05) is 6.92 Å².